The smallest absolute Gasteiger partial charge is 0.306 e. The van der Waals surface area contributed by atoms with Crippen LogP contribution in [0.15, 0.2) is 11.6 Å². The van der Waals surface area contributed by atoms with Crippen LogP contribution >= 0.6 is 0 Å². The molecule has 0 bridgehead atoms. The van der Waals surface area contributed by atoms with E-state index < -0.39 is 5.97 Å². The molecule has 0 radical (unpaired) electrons. The minimum Gasteiger partial charge on any atom is -0.481 e. The number of nitrogens with two attached hydrogens (primary N) is 1. The number of rotatable bonds is 1. The van der Waals surface area contributed by atoms with Gasteiger partial charge in [0, 0.05) is 12.0 Å². The summed E-state index contributed by atoms with van der Waals surface area (Å²) in [7, 11) is 0. The summed E-state index contributed by atoms with van der Waals surface area (Å²) in [6, 6.07) is 0.262. The van der Waals surface area contributed by atoms with Gasteiger partial charge in [0.25, 0.3) is 0 Å². The highest BCUT2D eigenvalue weighted by Gasteiger charge is 2.64. The second-order valence-electron chi connectivity index (χ2n) is 12.8. The number of aliphatic carboxylic acids is 1. The molecule has 0 spiro atoms. The van der Waals surface area contributed by atoms with E-state index in [0.29, 0.717) is 30.0 Å². The summed E-state index contributed by atoms with van der Waals surface area (Å²) < 4.78 is 0. The molecule has 5 aliphatic carbocycles. The van der Waals surface area contributed by atoms with Gasteiger partial charge in [-0.05, 0) is 104 Å². The molecule has 0 aromatic heterocycles. The van der Waals surface area contributed by atoms with Crippen LogP contribution in [0.2, 0.25) is 0 Å². The van der Waals surface area contributed by atoms with Crippen molar-refractivity contribution >= 4 is 11.8 Å². The normalized spacial score (nSPS) is 54.0. The summed E-state index contributed by atoms with van der Waals surface area (Å²) in [5.74, 6) is 1.22. The summed E-state index contributed by atoms with van der Waals surface area (Å²) in [5.41, 5.74) is 7.99. The molecule has 10 unspecified atom stereocenters. The van der Waals surface area contributed by atoms with Crippen molar-refractivity contribution in [1.29, 1.82) is 0 Å². The lowest BCUT2D eigenvalue weighted by Gasteiger charge is -2.65. The Morgan fingerprint density at radius 2 is 1.68 bits per heavy atom. The van der Waals surface area contributed by atoms with E-state index in [1.807, 2.05) is 6.08 Å². The first-order valence-electron chi connectivity index (χ1n) is 12.7. The van der Waals surface area contributed by atoms with Gasteiger partial charge in [-0.25, -0.2) is 0 Å². The lowest BCUT2D eigenvalue weighted by atomic mass is 9.38. The summed E-state index contributed by atoms with van der Waals surface area (Å²) >= 11 is 0. The third kappa shape index (κ3) is 2.89. The maximum absolute atomic E-state index is 13.9. The SMILES string of the molecule is CC1C(N)CCC2(C)C1CCC1(C)C3CCC4(C)CCC(C(=O)O)CC4C3=CC(=O)C12. The summed E-state index contributed by atoms with van der Waals surface area (Å²) in [4.78, 5) is 25.7. The van der Waals surface area contributed by atoms with Crippen LogP contribution in [0.4, 0.5) is 0 Å². The Labute approximate surface area is 187 Å². The number of carboxylic acid groups (broad SMARTS) is 1. The second kappa shape index (κ2) is 6.92. The Morgan fingerprint density at radius 1 is 1.00 bits per heavy atom. The number of carboxylic acids is 1. The molecule has 3 N–H and O–H groups in total. The van der Waals surface area contributed by atoms with Crippen molar-refractivity contribution < 1.29 is 14.7 Å². The van der Waals surface area contributed by atoms with Crippen molar-refractivity contribution in [2.24, 2.45) is 57.5 Å². The van der Waals surface area contributed by atoms with Crippen LogP contribution < -0.4 is 5.73 Å². The highest BCUT2D eigenvalue weighted by atomic mass is 16.4. The van der Waals surface area contributed by atoms with Gasteiger partial charge in [0.05, 0.1) is 5.92 Å². The molecular weight excluding hydrogens is 386 g/mol. The standard InChI is InChI=1S/C27H41NO3/c1-15-18-7-11-27(4)19-6-10-25(2)9-5-16(24(30)31)13-20(25)17(19)14-22(29)23(27)26(18,3)12-8-21(15)28/h14-16,18-21,23H,5-13,28H2,1-4H3,(H,30,31). The Kier molecular flexibility index (Phi) is 4.84. The molecular formula is C27H41NO3. The van der Waals surface area contributed by atoms with Gasteiger partial charge in [-0.3, -0.25) is 9.59 Å². The van der Waals surface area contributed by atoms with Crippen LogP contribution in [0.3, 0.4) is 0 Å². The molecule has 4 heteroatoms. The Morgan fingerprint density at radius 3 is 2.39 bits per heavy atom. The molecule has 4 fully saturated rings. The van der Waals surface area contributed by atoms with Crippen molar-refractivity contribution in [3.8, 4) is 0 Å². The predicted octanol–water partition coefficient (Wildman–Crippen LogP) is 5.21. The molecule has 0 amide bonds. The predicted molar refractivity (Wildman–Crippen MR) is 121 cm³/mol. The van der Waals surface area contributed by atoms with Crippen LogP contribution in [0.5, 0.6) is 0 Å². The van der Waals surface area contributed by atoms with Crippen molar-refractivity contribution in [2.45, 2.75) is 91.5 Å². The van der Waals surface area contributed by atoms with Crippen LogP contribution in [0, 0.1) is 51.8 Å². The van der Waals surface area contributed by atoms with E-state index in [4.69, 9.17) is 5.73 Å². The van der Waals surface area contributed by atoms with Crippen molar-refractivity contribution in [3.63, 3.8) is 0 Å². The zero-order valence-corrected chi connectivity index (χ0v) is 19.8. The fourth-order valence-corrected chi connectivity index (χ4v) is 9.64. The highest BCUT2D eigenvalue weighted by Crippen LogP contribution is 2.69. The third-order valence-electron chi connectivity index (χ3n) is 11.5. The number of allylic oxidation sites excluding steroid dienone is 2. The second-order valence-corrected chi connectivity index (χ2v) is 12.8. The zero-order valence-electron chi connectivity index (χ0n) is 19.8. The van der Waals surface area contributed by atoms with Crippen LogP contribution in [-0.4, -0.2) is 22.9 Å². The number of hydrogen-bond acceptors (Lipinski definition) is 3. The lowest BCUT2D eigenvalue weighted by molar-refractivity contribution is -0.160. The van der Waals surface area contributed by atoms with E-state index in [9.17, 15) is 14.7 Å². The van der Waals surface area contributed by atoms with Gasteiger partial charge < -0.3 is 10.8 Å². The minimum atomic E-state index is -0.656. The average molecular weight is 428 g/mol. The summed E-state index contributed by atoms with van der Waals surface area (Å²) in [6.07, 6.45) is 11.2. The highest BCUT2D eigenvalue weighted by molar-refractivity contribution is 5.95. The van der Waals surface area contributed by atoms with Gasteiger partial charge >= 0.3 is 5.97 Å². The topological polar surface area (TPSA) is 80.4 Å². The van der Waals surface area contributed by atoms with Crippen LogP contribution in [0.25, 0.3) is 0 Å². The Bertz CT molecular complexity index is 834. The Hall–Kier alpha value is -1.16. The zero-order chi connectivity index (χ0) is 22.3. The van der Waals surface area contributed by atoms with Crippen molar-refractivity contribution in [2.75, 3.05) is 0 Å². The average Bonchev–Trinajstić information content (AvgIpc) is 2.69. The molecule has 0 saturated heterocycles. The van der Waals surface area contributed by atoms with Gasteiger partial charge in [0.15, 0.2) is 5.78 Å². The molecule has 4 nitrogen and oxygen atoms in total. The lowest BCUT2D eigenvalue weighted by Crippen LogP contribution is -2.62. The molecule has 0 heterocycles. The van der Waals surface area contributed by atoms with E-state index in [2.05, 4.69) is 27.7 Å². The van der Waals surface area contributed by atoms with Crippen molar-refractivity contribution in [3.05, 3.63) is 11.6 Å². The van der Waals surface area contributed by atoms with Crippen LogP contribution in [0.1, 0.15) is 85.5 Å². The van der Waals surface area contributed by atoms with Gasteiger partial charge in [0.2, 0.25) is 0 Å². The monoisotopic (exact) mass is 427 g/mol. The first-order chi connectivity index (χ1) is 14.5. The quantitative estimate of drug-likeness (QED) is 0.602. The van der Waals surface area contributed by atoms with E-state index in [0.717, 1.165) is 38.5 Å². The molecule has 31 heavy (non-hydrogen) atoms. The van der Waals surface area contributed by atoms with E-state index in [-0.39, 0.29) is 40.0 Å². The van der Waals surface area contributed by atoms with E-state index in [1.54, 1.807) is 0 Å². The van der Waals surface area contributed by atoms with Gasteiger partial charge in [-0.2, -0.15) is 0 Å². The number of fused-ring (bicyclic) bond motifs is 7. The summed E-state index contributed by atoms with van der Waals surface area (Å²) in [6.45, 7) is 9.47. The molecule has 0 aromatic carbocycles. The number of hydrogen-bond donors (Lipinski definition) is 2. The number of ketones is 1. The van der Waals surface area contributed by atoms with Crippen LogP contribution in [-0.2, 0) is 9.59 Å². The molecule has 5 aliphatic rings. The molecule has 10 atom stereocenters. The maximum atomic E-state index is 13.9. The first-order valence-corrected chi connectivity index (χ1v) is 12.7. The largest absolute Gasteiger partial charge is 0.481 e. The number of carbonyl (C=O) groups excluding carboxylic acids is 1. The van der Waals surface area contributed by atoms with Gasteiger partial charge in [-0.1, -0.05) is 33.3 Å². The number of carbonyl (C=O) groups is 2. The minimum absolute atomic E-state index is 0.00503. The van der Waals surface area contributed by atoms with E-state index in [1.165, 1.54) is 18.4 Å². The fourth-order valence-electron chi connectivity index (χ4n) is 9.64. The molecule has 5 rings (SSSR count). The van der Waals surface area contributed by atoms with E-state index >= 15 is 0 Å². The maximum Gasteiger partial charge on any atom is 0.306 e. The third-order valence-corrected chi connectivity index (χ3v) is 11.5. The fraction of sp³-hybridized carbons (Fsp3) is 0.852. The van der Waals surface area contributed by atoms with Crippen molar-refractivity contribution in [1.82, 2.24) is 0 Å². The molecule has 0 aliphatic heterocycles. The molecule has 4 saturated carbocycles. The molecule has 172 valence electrons. The first kappa shape index (κ1) is 21.7. The van der Waals surface area contributed by atoms with Gasteiger partial charge in [-0.15, -0.1) is 0 Å². The Balaban J connectivity index is 1.55. The summed E-state index contributed by atoms with van der Waals surface area (Å²) in [5, 5.41) is 9.71. The molecule has 0 aromatic rings. The van der Waals surface area contributed by atoms with Gasteiger partial charge in [0.1, 0.15) is 0 Å².